The van der Waals surface area contributed by atoms with Crippen LogP contribution in [0.5, 0.6) is 0 Å². The smallest absolute Gasteiger partial charge is 0.227 e. The molecule has 29 heavy (non-hydrogen) atoms. The summed E-state index contributed by atoms with van der Waals surface area (Å²) in [6, 6.07) is 0. The van der Waals surface area contributed by atoms with Crippen LogP contribution >= 0.6 is 0 Å². The SMILES string of the molecule is CCCCOC1=CC(=O)C(O)=C(CC2(C)C(C)CCC3(C)C(C)=CCCC32)C1=O. The number of aliphatic hydroxyl groups is 1. The first kappa shape index (κ1) is 21.9. The molecule has 4 heteroatoms. The van der Waals surface area contributed by atoms with E-state index in [1.807, 2.05) is 6.92 Å². The molecule has 4 nitrogen and oxygen atoms in total. The van der Waals surface area contributed by atoms with Gasteiger partial charge in [-0.25, -0.2) is 0 Å². The molecular weight excluding hydrogens is 364 g/mol. The number of unbranched alkanes of at least 4 members (excludes halogenated alkanes) is 1. The van der Waals surface area contributed by atoms with Crippen molar-refractivity contribution in [2.45, 2.75) is 79.6 Å². The summed E-state index contributed by atoms with van der Waals surface area (Å²) in [4.78, 5) is 25.5. The topological polar surface area (TPSA) is 63.6 Å². The number of ketones is 2. The van der Waals surface area contributed by atoms with Crippen LogP contribution in [0.1, 0.15) is 79.6 Å². The van der Waals surface area contributed by atoms with Crippen molar-refractivity contribution in [2.75, 3.05) is 6.61 Å². The molecule has 3 aliphatic rings. The van der Waals surface area contributed by atoms with E-state index >= 15 is 0 Å². The second kappa shape index (κ2) is 8.12. The molecule has 0 radical (unpaired) electrons. The molecule has 0 amide bonds. The number of allylic oxidation sites excluding steroid dienone is 4. The fourth-order valence-electron chi connectivity index (χ4n) is 5.85. The van der Waals surface area contributed by atoms with E-state index < -0.39 is 5.78 Å². The third-order valence-electron chi connectivity index (χ3n) is 8.19. The molecule has 3 rings (SSSR count). The van der Waals surface area contributed by atoms with Gasteiger partial charge in [0.2, 0.25) is 11.6 Å². The lowest BCUT2D eigenvalue weighted by atomic mass is 9.46. The van der Waals surface area contributed by atoms with Crippen molar-refractivity contribution in [1.82, 2.24) is 0 Å². The molecule has 1 fully saturated rings. The number of aliphatic hydroxyl groups excluding tert-OH is 1. The van der Waals surface area contributed by atoms with Gasteiger partial charge in [-0.15, -0.1) is 0 Å². The molecule has 4 atom stereocenters. The molecule has 0 bridgehead atoms. The number of fused-ring (bicyclic) bond motifs is 1. The van der Waals surface area contributed by atoms with E-state index in [4.69, 9.17) is 4.74 Å². The van der Waals surface area contributed by atoms with Crippen LogP contribution in [0.4, 0.5) is 0 Å². The van der Waals surface area contributed by atoms with Gasteiger partial charge < -0.3 is 9.84 Å². The first-order valence-corrected chi connectivity index (χ1v) is 11.2. The van der Waals surface area contributed by atoms with Crippen LogP contribution in [-0.4, -0.2) is 23.3 Å². The van der Waals surface area contributed by atoms with Crippen molar-refractivity contribution >= 4 is 11.6 Å². The number of carbonyl (C=O) groups is 2. The Bertz CT molecular complexity index is 787. The van der Waals surface area contributed by atoms with Crippen LogP contribution in [0.3, 0.4) is 0 Å². The Labute approximate surface area is 175 Å². The van der Waals surface area contributed by atoms with Crippen LogP contribution in [-0.2, 0) is 14.3 Å². The fourth-order valence-corrected chi connectivity index (χ4v) is 5.85. The third kappa shape index (κ3) is 3.71. The second-order valence-corrected chi connectivity index (χ2v) is 9.79. The third-order valence-corrected chi connectivity index (χ3v) is 8.19. The van der Waals surface area contributed by atoms with Gasteiger partial charge in [0.15, 0.2) is 11.5 Å². The summed E-state index contributed by atoms with van der Waals surface area (Å²) in [6.45, 7) is 11.6. The molecule has 0 aromatic rings. The largest absolute Gasteiger partial charge is 0.504 e. The zero-order valence-electron chi connectivity index (χ0n) is 18.6. The summed E-state index contributed by atoms with van der Waals surface area (Å²) in [5.74, 6) is -0.303. The number of ether oxygens (including phenoxy) is 1. The molecule has 0 heterocycles. The molecule has 1 saturated carbocycles. The summed E-state index contributed by atoms with van der Waals surface area (Å²) in [6.07, 6.45) is 10.1. The Morgan fingerprint density at radius 3 is 2.66 bits per heavy atom. The Morgan fingerprint density at radius 1 is 1.24 bits per heavy atom. The van der Waals surface area contributed by atoms with E-state index in [1.165, 1.54) is 5.57 Å². The minimum atomic E-state index is -0.513. The van der Waals surface area contributed by atoms with E-state index in [1.54, 1.807) is 0 Å². The van der Waals surface area contributed by atoms with E-state index in [0.717, 1.165) is 44.6 Å². The fraction of sp³-hybridized carbons (Fsp3) is 0.680. The van der Waals surface area contributed by atoms with Gasteiger partial charge in [-0.1, -0.05) is 45.8 Å². The van der Waals surface area contributed by atoms with Gasteiger partial charge in [0.1, 0.15) is 0 Å². The predicted octanol–water partition coefficient (Wildman–Crippen LogP) is 5.84. The lowest BCUT2D eigenvalue weighted by Crippen LogP contribution is -2.50. The molecule has 0 aromatic heterocycles. The zero-order chi connectivity index (χ0) is 21.4. The van der Waals surface area contributed by atoms with Gasteiger partial charge in [-0.3, -0.25) is 9.59 Å². The highest BCUT2D eigenvalue weighted by molar-refractivity contribution is 6.20. The first-order valence-electron chi connectivity index (χ1n) is 11.2. The molecule has 1 N–H and O–H groups in total. The highest BCUT2D eigenvalue weighted by Gasteiger charge is 2.54. The van der Waals surface area contributed by atoms with Crippen molar-refractivity contribution in [3.05, 3.63) is 34.8 Å². The average Bonchev–Trinajstić information content (AvgIpc) is 2.68. The Kier molecular flexibility index (Phi) is 6.12. The maximum Gasteiger partial charge on any atom is 0.227 e. The van der Waals surface area contributed by atoms with Crippen LogP contribution in [0, 0.1) is 22.7 Å². The minimum absolute atomic E-state index is 0.0887. The van der Waals surface area contributed by atoms with E-state index in [0.29, 0.717) is 24.9 Å². The Balaban J connectivity index is 1.92. The normalized spacial score (nSPS) is 35.2. The number of hydrogen-bond donors (Lipinski definition) is 1. The van der Waals surface area contributed by atoms with Crippen molar-refractivity contribution < 1.29 is 19.4 Å². The monoisotopic (exact) mass is 400 g/mol. The van der Waals surface area contributed by atoms with Crippen molar-refractivity contribution in [1.29, 1.82) is 0 Å². The van der Waals surface area contributed by atoms with Crippen molar-refractivity contribution in [2.24, 2.45) is 22.7 Å². The Morgan fingerprint density at radius 2 is 1.97 bits per heavy atom. The van der Waals surface area contributed by atoms with Gasteiger partial charge in [0.05, 0.1) is 6.61 Å². The molecule has 0 spiro atoms. The van der Waals surface area contributed by atoms with Crippen LogP contribution in [0.15, 0.2) is 34.8 Å². The van der Waals surface area contributed by atoms with E-state index in [-0.39, 0.29) is 33.7 Å². The van der Waals surface area contributed by atoms with Gasteiger partial charge in [0, 0.05) is 11.6 Å². The predicted molar refractivity (Wildman–Crippen MR) is 114 cm³/mol. The summed E-state index contributed by atoms with van der Waals surface area (Å²) in [5.41, 5.74) is 1.65. The lowest BCUT2D eigenvalue weighted by molar-refractivity contribution is -0.121. The summed E-state index contributed by atoms with van der Waals surface area (Å²) in [7, 11) is 0. The molecule has 4 unspecified atom stereocenters. The van der Waals surface area contributed by atoms with Crippen LogP contribution in [0.2, 0.25) is 0 Å². The van der Waals surface area contributed by atoms with Crippen molar-refractivity contribution in [3.63, 3.8) is 0 Å². The molecule has 0 saturated heterocycles. The second-order valence-electron chi connectivity index (χ2n) is 9.79. The molecule has 160 valence electrons. The molecular formula is C25H36O4. The van der Waals surface area contributed by atoms with Gasteiger partial charge in [0.25, 0.3) is 0 Å². The average molecular weight is 401 g/mol. The highest BCUT2D eigenvalue weighted by atomic mass is 16.5. The van der Waals surface area contributed by atoms with E-state index in [9.17, 15) is 14.7 Å². The number of Topliss-reactive ketones (excluding diaryl/α,β-unsaturated/α-hetero) is 1. The number of hydrogen-bond acceptors (Lipinski definition) is 4. The van der Waals surface area contributed by atoms with Crippen molar-refractivity contribution in [3.8, 4) is 0 Å². The van der Waals surface area contributed by atoms with Crippen LogP contribution in [0.25, 0.3) is 0 Å². The number of carbonyl (C=O) groups excluding carboxylic acids is 2. The summed E-state index contributed by atoms with van der Waals surface area (Å²) >= 11 is 0. The number of rotatable bonds is 6. The minimum Gasteiger partial charge on any atom is -0.504 e. The highest BCUT2D eigenvalue weighted by Crippen LogP contribution is 2.62. The molecule has 3 aliphatic carbocycles. The zero-order valence-corrected chi connectivity index (χ0v) is 18.6. The van der Waals surface area contributed by atoms with E-state index in [2.05, 4.69) is 33.8 Å². The molecule has 0 aromatic carbocycles. The lowest BCUT2D eigenvalue weighted by Gasteiger charge is -2.58. The van der Waals surface area contributed by atoms with Crippen LogP contribution < -0.4 is 0 Å². The first-order chi connectivity index (χ1) is 13.6. The summed E-state index contributed by atoms with van der Waals surface area (Å²) in [5, 5.41) is 10.5. The maximum absolute atomic E-state index is 13.1. The summed E-state index contributed by atoms with van der Waals surface area (Å²) < 4.78 is 5.61. The van der Waals surface area contributed by atoms with Gasteiger partial charge in [-0.2, -0.15) is 0 Å². The van der Waals surface area contributed by atoms with Gasteiger partial charge in [-0.05, 0) is 68.1 Å². The standard InChI is InChI=1S/C25H36O4/c1-6-7-13-29-20-14-19(26)22(27)18(23(20)28)15-25(5)17(3)11-12-24(4)16(2)9-8-10-21(24)25/h9,14,17,21,27H,6-8,10-13,15H2,1-5H3. The maximum atomic E-state index is 13.1. The Hall–Kier alpha value is -1.84. The molecule has 0 aliphatic heterocycles. The quantitative estimate of drug-likeness (QED) is 0.346. The van der Waals surface area contributed by atoms with Gasteiger partial charge >= 0.3 is 0 Å².